The number of allylic oxidation sites excluding steroid dienone is 1. The van der Waals surface area contributed by atoms with Crippen LogP contribution in [0, 0.1) is 16.0 Å². The maximum Gasteiger partial charge on any atom is 0.338 e. The maximum atomic E-state index is 13.7. The molecule has 0 spiro atoms. The molecule has 0 amide bonds. The molecule has 0 saturated carbocycles. The molecule has 1 unspecified atom stereocenters. The number of non-ortho nitro benzene ring substituents is 1. The Morgan fingerprint density at radius 2 is 1.90 bits per heavy atom. The van der Waals surface area contributed by atoms with Crippen molar-refractivity contribution in [3.8, 4) is 11.5 Å². The van der Waals surface area contributed by atoms with Crippen LogP contribution in [0.5, 0.6) is 11.5 Å². The molecule has 0 fully saturated rings. The average Bonchev–Trinajstić information content (AvgIpc) is 3.21. The minimum atomic E-state index is -0.814. The van der Waals surface area contributed by atoms with Crippen molar-refractivity contribution in [1.29, 1.82) is 0 Å². The van der Waals surface area contributed by atoms with Gasteiger partial charge < -0.3 is 14.2 Å². The summed E-state index contributed by atoms with van der Waals surface area (Å²) in [5.74, 6) is 0.927. The van der Waals surface area contributed by atoms with Gasteiger partial charge in [0.15, 0.2) is 16.3 Å². The van der Waals surface area contributed by atoms with E-state index in [2.05, 4.69) is 18.8 Å². The molecule has 10 nitrogen and oxygen atoms in total. The van der Waals surface area contributed by atoms with E-state index in [4.69, 9.17) is 14.2 Å². The second kappa shape index (κ2) is 11.6. The Bertz CT molecular complexity index is 1620. The minimum Gasteiger partial charge on any atom is -0.493 e. The predicted octanol–water partition coefficient (Wildman–Crippen LogP) is 3.75. The summed E-state index contributed by atoms with van der Waals surface area (Å²) in [6.45, 7) is 6.46. The summed E-state index contributed by atoms with van der Waals surface area (Å²) in [4.78, 5) is 42.1. The zero-order chi connectivity index (χ0) is 28.3. The average molecular weight is 552 g/mol. The molecule has 1 aliphatic heterocycles. The van der Waals surface area contributed by atoms with E-state index in [1.54, 1.807) is 43.3 Å². The van der Waals surface area contributed by atoms with Crippen LogP contribution in [0.3, 0.4) is 0 Å². The Morgan fingerprint density at radius 1 is 1.18 bits per heavy atom. The Hall–Kier alpha value is -4.25. The minimum absolute atomic E-state index is 0.0439. The third-order valence-electron chi connectivity index (χ3n) is 6.28. The number of hydrogen-bond acceptors (Lipinski definition) is 9. The van der Waals surface area contributed by atoms with Gasteiger partial charge in [-0.25, -0.2) is 9.79 Å². The van der Waals surface area contributed by atoms with Crippen LogP contribution in [0.2, 0.25) is 0 Å². The summed E-state index contributed by atoms with van der Waals surface area (Å²) in [5, 5.41) is 11.0. The van der Waals surface area contributed by atoms with Gasteiger partial charge in [0.25, 0.3) is 11.2 Å². The van der Waals surface area contributed by atoms with Gasteiger partial charge in [-0.1, -0.05) is 31.3 Å². The van der Waals surface area contributed by atoms with Crippen molar-refractivity contribution in [3.05, 3.63) is 94.7 Å². The van der Waals surface area contributed by atoms with Gasteiger partial charge in [0.2, 0.25) is 0 Å². The zero-order valence-corrected chi connectivity index (χ0v) is 23.1. The van der Waals surface area contributed by atoms with Gasteiger partial charge in [0, 0.05) is 12.1 Å². The second-order valence-electron chi connectivity index (χ2n) is 9.36. The molecule has 4 rings (SSSR count). The molecule has 0 aliphatic carbocycles. The molecule has 2 aromatic carbocycles. The molecule has 1 aromatic heterocycles. The highest BCUT2D eigenvalue weighted by atomic mass is 32.1. The summed E-state index contributed by atoms with van der Waals surface area (Å²) in [5.41, 5.74) is 1.52. The Labute approximate surface area is 228 Å². The molecule has 0 bridgehead atoms. The van der Waals surface area contributed by atoms with E-state index < -0.39 is 16.9 Å². The Balaban J connectivity index is 1.84. The fraction of sp³-hybridized carbons (Fsp3) is 0.321. The number of hydrogen-bond donors (Lipinski definition) is 0. The number of carbonyl (C=O) groups excluding carboxylic acids is 1. The molecule has 2 heterocycles. The SMILES string of the molecule is COC(=O)C1=C(C)N=c2sc(=Cc3ccc([N+](=O)[O-])cc3)c(=O)n2C1c1ccc(OCCC(C)C)c(OC)c1. The second-order valence-corrected chi connectivity index (χ2v) is 10.4. The van der Waals surface area contributed by atoms with Crippen LogP contribution in [0.25, 0.3) is 6.08 Å². The molecule has 0 saturated heterocycles. The molecule has 3 aromatic rings. The number of esters is 1. The molecule has 0 N–H and O–H groups in total. The number of fused-ring (bicyclic) bond motifs is 1. The number of aromatic nitrogens is 1. The van der Waals surface area contributed by atoms with Crippen LogP contribution in [0.1, 0.15) is 44.4 Å². The molecule has 39 heavy (non-hydrogen) atoms. The van der Waals surface area contributed by atoms with Crippen LogP contribution >= 0.6 is 11.3 Å². The summed E-state index contributed by atoms with van der Waals surface area (Å²) in [6, 6.07) is 10.4. The standard InChI is InChI=1S/C28H29N3O7S/c1-16(2)12-13-38-21-11-8-19(15-22(21)36-4)25-24(27(33)37-5)17(3)29-28-30(25)26(32)23(39-28)14-18-6-9-20(10-7-18)31(34)35/h6-11,14-16,25H,12-13H2,1-5H3. The predicted molar refractivity (Wildman–Crippen MR) is 147 cm³/mol. The smallest absolute Gasteiger partial charge is 0.338 e. The fourth-order valence-electron chi connectivity index (χ4n) is 4.23. The largest absolute Gasteiger partial charge is 0.493 e. The van der Waals surface area contributed by atoms with E-state index in [0.29, 0.717) is 50.2 Å². The van der Waals surface area contributed by atoms with Gasteiger partial charge in [-0.3, -0.25) is 19.5 Å². The zero-order valence-electron chi connectivity index (χ0n) is 22.3. The van der Waals surface area contributed by atoms with E-state index in [1.807, 2.05) is 0 Å². The Morgan fingerprint density at radius 3 is 2.51 bits per heavy atom. The van der Waals surface area contributed by atoms with E-state index in [-0.39, 0.29) is 16.8 Å². The van der Waals surface area contributed by atoms with Crippen LogP contribution in [-0.4, -0.2) is 36.3 Å². The number of ether oxygens (including phenoxy) is 3. The number of nitro groups is 1. The van der Waals surface area contributed by atoms with Gasteiger partial charge in [0.1, 0.15) is 0 Å². The normalized spacial score (nSPS) is 15.1. The molecular weight excluding hydrogens is 522 g/mol. The number of benzene rings is 2. The molecule has 11 heteroatoms. The van der Waals surface area contributed by atoms with Gasteiger partial charge >= 0.3 is 5.97 Å². The monoisotopic (exact) mass is 551 g/mol. The summed E-state index contributed by atoms with van der Waals surface area (Å²) in [7, 11) is 2.82. The summed E-state index contributed by atoms with van der Waals surface area (Å²) >= 11 is 1.17. The number of nitro benzene ring substituents is 1. The first-order valence-corrected chi connectivity index (χ1v) is 13.1. The van der Waals surface area contributed by atoms with Gasteiger partial charge in [-0.15, -0.1) is 0 Å². The lowest BCUT2D eigenvalue weighted by atomic mass is 9.95. The van der Waals surface area contributed by atoms with E-state index in [9.17, 15) is 19.7 Å². The van der Waals surface area contributed by atoms with Crippen LogP contribution in [0.4, 0.5) is 5.69 Å². The molecular formula is C28H29N3O7S. The third kappa shape index (κ3) is 5.78. The maximum absolute atomic E-state index is 13.7. The van der Waals surface area contributed by atoms with Crippen LogP contribution in [0.15, 0.2) is 63.5 Å². The molecule has 204 valence electrons. The lowest BCUT2D eigenvalue weighted by Crippen LogP contribution is -2.39. The lowest BCUT2D eigenvalue weighted by molar-refractivity contribution is -0.384. The van der Waals surface area contributed by atoms with Crippen LogP contribution < -0.4 is 24.4 Å². The molecule has 1 atom stereocenters. The van der Waals surface area contributed by atoms with Gasteiger partial charge in [0.05, 0.1) is 47.6 Å². The quantitative estimate of drug-likeness (QED) is 0.225. The number of rotatable bonds is 9. The highest BCUT2D eigenvalue weighted by molar-refractivity contribution is 7.07. The summed E-state index contributed by atoms with van der Waals surface area (Å²) in [6.07, 6.45) is 2.53. The van der Waals surface area contributed by atoms with Crippen molar-refractivity contribution in [1.82, 2.24) is 4.57 Å². The van der Waals surface area contributed by atoms with Crippen molar-refractivity contribution in [3.63, 3.8) is 0 Å². The van der Waals surface area contributed by atoms with Gasteiger partial charge in [-0.05, 0) is 60.7 Å². The van der Waals surface area contributed by atoms with E-state index in [1.165, 1.54) is 42.3 Å². The first-order chi connectivity index (χ1) is 18.6. The van der Waals surface area contributed by atoms with E-state index >= 15 is 0 Å². The highest BCUT2D eigenvalue weighted by Crippen LogP contribution is 2.36. The molecule has 1 aliphatic rings. The van der Waals surface area contributed by atoms with Crippen molar-refractivity contribution in [2.75, 3.05) is 20.8 Å². The lowest BCUT2D eigenvalue weighted by Gasteiger charge is -2.25. The van der Waals surface area contributed by atoms with Crippen molar-refractivity contribution < 1.29 is 23.9 Å². The third-order valence-corrected chi connectivity index (χ3v) is 7.27. The first-order valence-electron chi connectivity index (χ1n) is 12.3. The number of methoxy groups -OCH3 is 2. The fourth-order valence-corrected chi connectivity index (χ4v) is 5.28. The number of carbonyl (C=O) groups is 1. The summed E-state index contributed by atoms with van der Waals surface area (Å²) < 4.78 is 18.4. The highest BCUT2D eigenvalue weighted by Gasteiger charge is 2.33. The first kappa shape index (κ1) is 27.8. The van der Waals surface area contributed by atoms with Crippen molar-refractivity contribution in [2.24, 2.45) is 10.9 Å². The molecule has 0 radical (unpaired) electrons. The number of thiazole rings is 1. The van der Waals surface area contributed by atoms with Gasteiger partial charge in [-0.2, -0.15) is 0 Å². The van der Waals surface area contributed by atoms with Crippen LogP contribution in [-0.2, 0) is 9.53 Å². The topological polar surface area (TPSA) is 122 Å². The Kier molecular flexibility index (Phi) is 8.29. The van der Waals surface area contributed by atoms with E-state index in [0.717, 1.165) is 6.42 Å². The van der Waals surface area contributed by atoms with Crippen molar-refractivity contribution >= 4 is 29.1 Å². The van der Waals surface area contributed by atoms with Crippen molar-refractivity contribution in [2.45, 2.75) is 33.2 Å². The number of nitrogens with zero attached hydrogens (tertiary/aromatic N) is 3.